The molecule has 0 radical (unpaired) electrons. The molecule has 1 rings (SSSR count). The van der Waals surface area contributed by atoms with Crippen molar-refractivity contribution in [2.45, 2.75) is 25.5 Å². The normalized spacial score (nSPS) is 11.5. The molecule has 0 heterocycles. The number of rotatable bonds is 8. The van der Waals surface area contributed by atoms with E-state index in [1.807, 2.05) is 6.92 Å². The van der Waals surface area contributed by atoms with E-state index in [-0.39, 0.29) is 34.6 Å². The van der Waals surface area contributed by atoms with Crippen molar-refractivity contribution in [3.05, 3.63) is 34.9 Å². The molecule has 0 aliphatic carbocycles. The van der Waals surface area contributed by atoms with Gasteiger partial charge in [-0.3, -0.25) is 9.79 Å². The second-order valence-corrected chi connectivity index (χ2v) is 7.74. The third-order valence-electron chi connectivity index (χ3n) is 3.34. The Bertz CT molecular complexity index is 569. The number of nitrogens with zero attached hydrogens (tertiary/aromatic N) is 1. The van der Waals surface area contributed by atoms with Crippen LogP contribution in [0.5, 0.6) is 0 Å². The lowest BCUT2D eigenvalue weighted by Crippen LogP contribution is -2.42. The van der Waals surface area contributed by atoms with Gasteiger partial charge in [0.1, 0.15) is 0 Å². The molecule has 5 nitrogen and oxygen atoms in total. The molecule has 8 heteroatoms. The van der Waals surface area contributed by atoms with Crippen molar-refractivity contribution in [3.8, 4) is 0 Å². The molecular formula is C17H28ClIN4OS. The van der Waals surface area contributed by atoms with Crippen molar-refractivity contribution < 1.29 is 4.79 Å². The first-order chi connectivity index (χ1) is 11.4. The van der Waals surface area contributed by atoms with Gasteiger partial charge in [-0.2, -0.15) is 11.8 Å². The smallest absolute Gasteiger partial charge is 0.252 e. The van der Waals surface area contributed by atoms with E-state index in [4.69, 9.17) is 11.6 Å². The average molecular weight is 499 g/mol. The number of benzene rings is 1. The molecule has 3 N–H and O–H groups in total. The van der Waals surface area contributed by atoms with Crippen LogP contribution in [0.15, 0.2) is 29.3 Å². The number of thioether (sulfide) groups is 1. The maximum absolute atomic E-state index is 12.1. The molecule has 142 valence electrons. The first-order valence-electron chi connectivity index (χ1n) is 7.99. The molecule has 0 saturated heterocycles. The lowest BCUT2D eigenvalue weighted by atomic mass is 10.2. The first-order valence-corrected chi connectivity index (χ1v) is 9.60. The number of carbonyl (C=O) groups is 1. The second kappa shape index (κ2) is 12.6. The summed E-state index contributed by atoms with van der Waals surface area (Å²) in [6.45, 7) is 8.92. The van der Waals surface area contributed by atoms with Crippen molar-refractivity contribution in [1.82, 2.24) is 16.0 Å². The van der Waals surface area contributed by atoms with Crippen molar-refractivity contribution in [3.63, 3.8) is 0 Å². The molecule has 0 unspecified atom stereocenters. The molecule has 1 aromatic carbocycles. The van der Waals surface area contributed by atoms with Crippen molar-refractivity contribution in [2.24, 2.45) is 4.99 Å². The summed E-state index contributed by atoms with van der Waals surface area (Å²) in [5.74, 6) is 0.583. The van der Waals surface area contributed by atoms with Crippen LogP contribution in [0.25, 0.3) is 0 Å². The van der Waals surface area contributed by atoms with Crippen LogP contribution in [0.4, 0.5) is 0 Å². The molecule has 1 aromatic rings. The lowest BCUT2D eigenvalue weighted by molar-refractivity contribution is 0.0954. The minimum atomic E-state index is -0.173. The van der Waals surface area contributed by atoms with Gasteiger partial charge in [-0.05, 0) is 39.2 Å². The summed E-state index contributed by atoms with van der Waals surface area (Å²) in [5, 5.41) is 9.73. The number of hydrogen-bond donors (Lipinski definition) is 3. The van der Waals surface area contributed by atoms with Crippen molar-refractivity contribution >= 4 is 59.2 Å². The van der Waals surface area contributed by atoms with Gasteiger partial charge in [0.2, 0.25) is 0 Å². The summed E-state index contributed by atoms with van der Waals surface area (Å²) in [6, 6.07) is 7.01. The standard InChI is InChI=1S/C17H27ClN4OS.HI/c1-5-19-16(22-12-17(2,3)24-4)21-11-10-20-15(23)13-8-6-7-9-14(13)18;/h6-9H,5,10-12H2,1-4H3,(H,20,23)(H2,19,21,22);1H. The van der Waals surface area contributed by atoms with Gasteiger partial charge in [0.25, 0.3) is 5.91 Å². The van der Waals surface area contributed by atoms with Gasteiger partial charge in [0.05, 0.1) is 17.1 Å². The van der Waals surface area contributed by atoms with Gasteiger partial charge in [0, 0.05) is 24.4 Å². The Morgan fingerprint density at radius 1 is 1.20 bits per heavy atom. The highest BCUT2D eigenvalue weighted by molar-refractivity contribution is 14.0. The fourth-order valence-corrected chi connectivity index (χ4v) is 2.19. The summed E-state index contributed by atoms with van der Waals surface area (Å²) < 4.78 is 0.0978. The summed E-state index contributed by atoms with van der Waals surface area (Å²) in [4.78, 5) is 16.6. The molecular weight excluding hydrogens is 471 g/mol. The molecule has 0 aliphatic heterocycles. The molecule has 0 aliphatic rings. The molecule has 1 amide bonds. The van der Waals surface area contributed by atoms with Gasteiger partial charge in [-0.1, -0.05) is 23.7 Å². The number of guanidine groups is 1. The molecule has 0 bridgehead atoms. The topological polar surface area (TPSA) is 65.5 Å². The van der Waals surface area contributed by atoms with Gasteiger partial charge < -0.3 is 16.0 Å². The minimum absolute atomic E-state index is 0. The number of halogens is 2. The van der Waals surface area contributed by atoms with E-state index in [0.29, 0.717) is 23.7 Å². The highest BCUT2D eigenvalue weighted by atomic mass is 127. The van der Waals surface area contributed by atoms with Crippen LogP contribution in [-0.4, -0.2) is 49.0 Å². The van der Waals surface area contributed by atoms with E-state index in [9.17, 15) is 4.79 Å². The third-order valence-corrected chi connectivity index (χ3v) is 4.90. The summed E-state index contributed by atoms with van der Waals surface area (Å²) in [6.07, 6.45) is 2.08. The molecule has 0 aromatic heterocycles. The SMILES string of the molecule is CCNC(=NCC(C)(C)SC)NCCNC(=O)c1ccccc1Cl.I. The summed E-state index contributed by atoms with van der Waals surface area (Å²) in [7, 11) is 0. The Morgan fingerprint density at radius 3 is 2.44 bits per heavy atom. The number of aliphatic imine (C=N–C) groups is 1. The number of amides is 1. The Kier molecular flexibility index (Phi) is 12.3. The highest BCUT2D eigenvalue weighted by Crippen LogP contribution is 2.20. The van der Waals surface area contributed by atoms with E-state index in [1.165, 1.54) is 0 Å². The summed E-state index contributed by atoms with van der Waals surface area (Å²) in [5.41, 5.74) is 0.487. The average Bonchev–Trinajstić information content (AvgIpc) is 2.56. The van der Waals surface area contributed by atoms with Crippen LogP contribution in [-0.2, 0) is 0 Å². The molecule has 0 saturated carbocycles. The number of carbonyl (C=O) groups excluding carboxylic acids is 1. The zero-order chi connectivity index (χ0) is 18.0. The Morgan fingerprint density at radius 2 is 1.84 bits per heavy atom. The van der Waals surface area contributed by atoms with Crippen LogP contribution < -0.4 is 16.0 Å². The number of nitrogens with one attached hydrogen (secondary N) is 3. The maximum atomic E-state index is 12.1. The van der Waals surface area contributed by atoms with Crippen LogP contribution in [0, 0.1) is 0 Å². The van der Waals surface area contributed by atoms with Gasteiger partial charge in [-0.25, -0.2) is 0 Å². The molecule has 0 spiro atoms. The van der Waals surface area contributed by atoms with E-state index < -0.39 is 0 Å². The van der Waals surface area contributed by atoms with Crippen molar-refractivity contribution in [2.75, 3.05) is 32.4 Å². The van der Waals surface area contributed by atoms with E-state index in [0.717, 1.165) is 19.0 Å². The quantitative estimate of drug-likeness (QED) is 0.222. The fraction of sp³-hybridized carbons (Fsp3) is 0.529. The van der Waals surface area contributed by atoms with Crippen LogP contribution in [0.2, 0.25) is 5.02 Å². The lowest BCUT2D eigenvalue weighted by Gasteiger charge is -2.20. The fourth-order valence-electron chi connectivity index (χ4n) is 1.77. The third kappa shape index (κ3) is 9.55. The largest absolute Gasteiger partial charge is 0.357 e. The Labute approximate surface area is 177 Å². The van der Waals surface area contributed by atoms with Crippen molar-refractivity contribution in [1.29, 1.82) is 0 Å². The van der Waals surface area contributed by atoms with Gasteiger partial charge >= 0.3 is 0 Å². The second-order valence-electron chi connectivity index (χ2n) is 5.82. The molecule has 0 atom stereocenters. The highest BCUT2D eigenvalue weighted by Gasteiger charge is 2.15. The Balaban J connectivity index is 0.00000576. The van der Waals surface area contributed by atoms with Crippen LogP contribution in [0.1, 0.15) is 31.1 Å². The zero-order valence-corrected chi connectivity index (χ0v) is 19.1. The van der Waals surface area contributed by atoms with Crippen LogP contribution in [0.3, 0.4) is 0 Å². The first kappa shape index (κ1) is 24.3. The monoisotopic (exact) mass is 498 g/mol. The van der Waals surface area contributed by atoms with E-state index in [2.05, 4.69) is 41.0 Å². The summed E-state index contributed by atoms with van der Waals surface area (Å²) >= 11 is 7.80. The van der Waals surface area contributed by atoms with E-state index >= 15 is 0 Å². The van der Waals surface area contributed by atoms with E-state index in [1.54, 1.807) is 36.0 Å². The molecule has 0 fully saturated rings. The maximum Gasteiger partial charge on any atom is 0.252 e. The van der Waals surface area contributed by atoms with Gasteiger partial charge in [0.15, 0.2) is 5.96 Å². The van der Waals surface area contributed by atoms with Crippen LogP contribution >= 0.6 is 47.3 Å². The van der Waals surface area contributed by atoms with Gasteiger partial charge in [-0.15, -0.1) is 24.0 Å². The zero-order valence-electron chi connectivity index (χ0n) is 15.2. The molecule has 25 heavy (non-hydrogen) atoms. The Hall–Kier alpha value is -0.670. The minimum Gasteiger partial charge on any atom is -0.357 e. The predicted octanol–water partition coefficient (Wildman–Crippen LogP) is 3.38. The predicted molar refractivity (Wildman–Crippen MR) is 121 cm³/mol. The number of hydrogen-bond acceptors (Lipinski definition) is 3.